The molecule has 0 aromatic heterocycles. The zero-order valence-electron chi connectivity index (χ0n) is 9.63. The topological polar surface area (TPSA) is 55.1 Å². The van der Waals surface area contributed by atoms with Crippen molar-refractivity contribution >= 4 is 24.0 Å². The second kappa shape index (κ2) is 5.02. The van der Waals surface area contributed by atoms with Gasteiger partial charge in [0.25, 0.3) is 0 Å². The van der Waals surface area contributed by atoms with Crippen molar-refractivity contribution in [2.75, 3.05) is 5.32 Å². The molecule has 0 spiro atoms. The lowest BCUT2D eigenvalue weighted by atomic mass is 9.77. The summed E-state index contributed by atoms with van der Waals surface area (Å²) in [6.07, 6.45) is 2.38. The summed E-state index contributed by atoms with van der Waals surface area (Å²) in [6.45, 7) is 1.82. The van der Waals surface area contributed by atoms with Gasteiger partial charge in [-0.1, -0.05) is 6.07 Å². The number of benzene rings is 1. The third-order valence-electron chi connectivity index (χ3n) is 3.15. The quantitative estimate of drug-likeness (QED) is 0.856. The maximum Gasteiger partial charge on any atom is 0.244 e. The first-order valence-electron chi connectivity index (χ1n) is 5.38. The summed E-state index contributed by atoms with van der Waals surface area (Å²) >= 11 is 0. The second-order valence-corrected chi connectivity index (χ2v) is 4.42. The highest BCUT2D eigenvalue weighted by molar-refractivity contribution is 5.99. The lowest BCUT2D eigenvalue weighted by Gasteiger charge is -2.36. The highest BCUT2D eigenvalue weighted by atomic mass is 35.5. The van der Waals surface area contributed by atoms with Crippen molar-refractivity contribution in [3.8, 4) is 0 Å². The average molecular weight is 259 g/mol. The molecule has 1 aliphatic carbocycles. The summed E-state index contributed by atoms with van der Waals surface area (Å²) in [5.74, 6) is -0.576. The molecule has 5 heteroatoms. The van der Waals surface area contributed by atoms with Crippen LogP contribution in [-0.4, -0.2) is 11.4 Å². The van der Waals surface area contributed by atoms with Crippen molar-refractivity contribution in [2.45, 2.75) is 31.7 Å². The summed E-state index contributed by atoms with van der Waals surface area (Å²) in [7, 11) is 0. The van der Waals surface area contributed by atoms with Gasteiger partial charge in [0.05, 0.1) is 5.54 Å². The Morgan fingerprint density at radius 3 is 2.65 bits per heavy atom. The van der Waals surface area contributed by atoms with Crippen LogP contribution in [0, 0.1) is 12.7 Å². The zero-order chi connectivity index (χ0) is 11.8. The Balaban J connectivity index is 0.00000144. The number of aryl methyl sites for hydroxylation is 1. The van der Waals surface area contributed by atoms with Crippen LogP contribution in [0.15, 0.2) is 18.2 Å². The van der Waals surface area contributed by atoms with E-state index in [9.17, 15) is 9.18 Å². The smallest absolute Gasteiger partial charge is 0.244 e. The summed E-state index contributed by atoms with van der Waals surface area (Å²) in [6, 6.07) is 4.32. The fraction of sp³-hybridized carbons (Fsp3) is 0.417. The Kier molecular flexibility index (Phi) is 4.11. The Morgan fingerprint density at radius 2 is 2.12 bits per heavy atom. The van der Waals surface area contributed by atoms with Crippen LogP contribution in [-0.2, 0) is 4.79 Å². The van der Waals surface area contributed by atoms with Crippen molar-refractivity contribution < 1.29 is 9.18 Å². The van der Waals surface area contributed by atoms with Crippen LogP contribution in [0.1, 0.15) is 24.8 Å². The van der Waals surface area contributed by atoms with Gasteiger partial charge in [-0.25, -0.2) is 4.39 Å². The molecule has 3 N–H and O–H groups in total. The van der Waals surface area contributed by atoms with Crippen molar-refractivity contribution in [3.63, 3.8) is 0 Å². The highest BCUT2D eigenvalue weighted by Crippen LogP contribution is 2.30. The van der Waals surface area contributed by atoms with E-state index in [4.69, 9.17) is 5.73 Å². The van der Waals surface area contributed by atoms with Gasteiger partial charge in [0.2, 0.25) is 5.91 Å². The molecule has 1 saturated carbocycles. The molecule has 1 fully saturated rings. The van der Waals surface area contributed by atoms with Crippen molar-refractivity contribution in [2.24, 2.45) is 5.73 Å². The van der Waals surface area contributed by atoms with E-state index in [0.717, 1.165) is 12.0 Å². The molecule has 0 bridgehead atoms. The highest BCUT2D eigenvalue weighted by Gasteiger charge is 2.40. The van der Waals surface area contributed by atoms with Crippen LogP contribution in [0.5, 0.6) is 0 Å². The van der Waals surface area contributed by atoms with Crippen molar-refractivity contribution in [1.29, 1.82) is 0 Å². The van der Waals surface area contributed by atoms with Gasteiger partial charge < -0.3 is 11.1 Å². The fourth-order valence-electron chi connectivity index (χ4n) is 1.76. The number of hydrogen-bond acceptors (Lipinski definition) is 2. The van der Waals surface area contributed by atoms with Crippen LogP contribution in [0.3, 0.4) is 0 Å². The number of hydrogen-bond donors (Lipinski definition) is 2. The molecule has 1 aromatic carbocycles. The first kappa shape index (κ1) is 13.9. The third kappa shape index (κ3) is 2.76. The van der Waals surface area contributed by atoms with E-state index in [2.05, 4.69) is 5.32 Å². The van der Waals surface area contributed by atoms with Crippen LogP contribution >= 0.6 is 12.4 Å². The van der Waals surface area contributed by atoms with E-state index in [1.165, 1.54) is 12.1 Å². The minimum absolute atomic E-state index is 0. The molecule has 17 heavy (non-hydrogen) atoms. The molecule has 94 valence electrons. The van der Waals surface area contributed by atoms with E-state index in [-0.39, 0.29) is 24.1 Å². The molecular formula is C12H16ClFN2O. The molecule has 3 nitrogen and oxygen atoms in total. The molecule has 0 saturated heterocycles. The zero-order valence-corrected chi connectivity index (χ0v) is 10.4. The van der Waals surface area contributed by atoms with Crippen LogP contribution in [0.2, 0.25) is 0 Å². The van der Waals surface area contributed by atoms with Crippen LogP contribution in [0.25, 0.3) is 0 Å². The molecule has 0 unspecified atom stereocenters. The molecule has 0 atom stereocenters. The first-order chi connectivity index (χ1) is 7.51. The summed E-state index contributed by atoms with van der Waals surface area (Å²) in [4.78, 5) is 11.8. The summed E-state index contributed by atoms with van der Waals surface area (Å²) < 4.78 is 13.0. The molecule has 1 aliphatic rings. The van der Waals surface area contributed by atoms with Gasteiger partial charge in [-0.15, -0.1) is 12.4 Å². The van der Waals surface area contributed by atoms with Gasteiger partial charge in [0, 0.05) is 5.69 Å². The van der Waals surface area contributed by atoms with Gasteiger partial charge in [0.1, 0.15) is 5.82 Å². The Morgan fingerprint density at radius 1 is 1.47 bits per heavy atom. The molecule has 1 amide bonds. The number of carbonyl (C=O) groups is 1. The molecular weight excluding hydrogens is 243 g/mol. The Hall–Kier alpha value is -1.13. The number of amides is 1. The largest absolute Gasteiger partial charge is 0.324 e. The number of nitrogens with one attached hydrogen (secondary N) is 1. The predicted octanol–water partition coefficient (Wildman–Crippen LogP) is 2.38. The van der Waals surface area contributed by atoms with Gasteiger partial charge in [-0.3, -0.25) is 4.79 Å². The summed E-state index contributed by atoms with van der Waals surface area (Å²) in [5, 5.41) is 2.69. The SMILES string of the molecule is Cc1ccc(F)cc1NC(=O)C1(N)CCC1.Cl. The molecule has 2 rings (SSSR count). The third-order valence-corrected chi connectivity index (χ3v) is 3.15. The lowest BCUT2D eigenvalue weighted by molar-refractivity contribution is -0.123. The number of nitrogens with two attached hydrogens (primary N) is 1. The number of carbonyl (C=O) groups excluding carboxylic acids is 1. The van der Waals surface area contributed by atoms with Crippen molar-refractivity contribution in [3.05, 3.63) is 29.6 Å². The van der Waals surface area contributed by atoms with Crippen molar-refractivity contribution in [1.82, 2.24) is 0 Å². The van der Waals surface area contributed by atoms with Gasteiger partial charge in [-0.05, 0) is 43.9 Å². The normalized spacial score (nSPS) is 16.6. The minimum Gasteiger partial charge on any atom is -0.324 e. The monoisotopic (exact) mass is 258 g/mol. The van der Waals surface area contributed by atoms with E-state index >= 15 is 0 Å². The molecule has 0 aliphatic heterocycles. The van der Waals surface area contributed by atoms with E-state index in [1.54, 1.807) is 6.07 Å². The minimum atomic E-state index is -0.751. The summed E-state index contributed by atoms with van der Waals surface area (Å²) in [5.41, 5.74) is 6.46. The Labute approximate surface area is 106 Å². The van der Waals surface area contributed by atoms with E-state index in [0.29, 0.717) is 18.5 Å². The first-order valence-corrected chi connectivity index (χ1v) is 5.38. The molecule has 0 heterocycles. The number of rotatable bonds is 2. The maximum atomic E-state index is 13.0. The van der Waals surface area contributed by atoms with E-state index in [1.807, 2.05) is 6.92 Å². The number of halogens is 2. The van der Waals surface area contributed by atoms with Gasteiger partial charge in [-0.2, -0.15) is 0 Å². The average Bonchev–Trinajstić information content (AvgIpc) is 2.20. The van der Waals surface area contributed by atoms with Gasteiger partial charge >= 0.3 is 0 Å². The van der Waals surface area contributed by atoms with Gasteiger partial charge in [0.15, 0.2) is 0 Å². The second-order valence-electron chi connectivity index (χ2n) is 4.42. The predicted molar refractivity (Wildman–Crippen MR) is 67.8 cm³/mol. The lowest BCUT2D eigenvalue weighted by Crippen LogP contribution is -2.56. The fourth-order valence-corrected chi connectivity index (χ4v) is 1.76. The number of anilines is 1. The standard InChI is InChI=1S/C12H15FN2O.ClH/c1-8-3-4-9(13)7-10(8)15-11(16)12(14)5-2-6-12;/h3-4,7H,2,5-6,14H2,1H3,(H,15,16);1H. The molecule has 1 aromatic rings. The Bertz CT molecular complexity index is 433. The molecule has 0 radical (unpaired) electrons. The van der Waals surface area contributed by atoms with Crippen LogP contribution in [0.4, 0.5) is 10.1 Å². The van der Waals surface area contributed by atoms with E-state index < -0.39 is 5.54 Å². The van der Waals surface area contributed by atoms with Crippen LogP contribution < -0.4 is 11.1 Å². The maximum absolute atomic E-state index is 13.0.